The molecule has 0 fully saturated rings. The number of benzene rings is 1. The van der Waals surface area contributed by atoms with Gasteiger partial charge in [-0.05, 0) is 18.2 Å². The highest BCUT2D eigenvalue weighted by atomic mass is 35.5. The summed E-state index contributed by atoms with van der Waals surface area (Å²) in [6.07, 6.45) is -0.995. The number of halogens is 2. The predicted molar refractivity (Wildman–Crippen MR) is 60.3 cm³/mol. The second kappa shape index (κ2) is 5.71. The number of amides is 1. The van der Waals surface area contributed by atoms with E-state index in [0.29, 0.717) is 10.0 Å². The van der Waals surface area contributed by atoms with E-state index in [0.717, 1.165) is 0 Å². The number of rotatable bonds is 3. The van der Waals surface area contributed by atoms with Gasteiger partial charge in [0.25, 0.3) is 5.91 Å². The zero-order valence-electron chi connectivity index (χ0n) is 8.33. The third kappa shape index (κ3) is 3.38. The first-order chi connectivity index (χ1) is 7.56. The van der Waals surface area contributed by atoms with Crippen molar-refractivity contribution in [1.29, 1.82) is 5.26 Å². The maximum absolute atomic E-state index is 11.6. The molecule has 0 saturated heterocycles. The molecule has 1 N–H and O–H groups in total. The smallest absolute Gasteiger partial charge is 0.254 e. The molecule has 1 rings (SSSR count). The van der Waals surface area contributed by atoms with Crippen LogP contribution in [0.25, 0.3) is 0 Å². The first-order valence-corrected chi connectivity index (χ1v) is 5.01. The highest BCUT2D eigenvalue weighted by molar-refractivity contribution is 6.35. The van der Waals surface area contributed by atoms with Crippen molar-refractivity contribution in [2.24, 2.45) is 0 Å². The lowest BCUT2D eigenvalue weighted by Gasteiger charge is -2.09. The molecular weight excluding hydrogens is 251 g/mol. The van der Waals surface area contributed by atoms with Crippen LogP contribution in [0.1, 0.15) is 10.4 Å². The molecule has 0 bridgehead atoms. The summed E-state index contributed by atoms with van der Waals surface area (Å²) in [5.41, 5.74) is 0.273. The third-order valence-electron chi connectivity index (χ3n) is 1.74. The predicted octanol–water partition coefficient (Wildman–Crippen LogP) is 2.22. The van der Waals surface area contributed by atoms with Crippen molar-refractivity contribution in [2.45, 2.75) is 6.23 Å². The Hall–Kier alpha value is -1.28. The number of carbonyl (C=O) groups excluding carboxylic acids is 1. The minimum absolute atomic E-state index is 0.273. The number of nitrogens with zero attached hydrogens (tertiary/aromatic N) is 1. The fraction of sp³-hybridized carbons (Fsp3) is 0.200. The molecule has 0 spiro atoms. The molecule has 0 aliphatic heterocycles. The monoisotopic (exact) mass is 258 g/mol. The lowest BCUT2D eigenvalue weighted by atomic mass is 10.2. The van der Waals surface area contributed by atoms with Crippen LogP contribution >= 0.6 is 23.2 Å². The molecule has 1 unspecified atom stereocenters. The van der Waals surface area contributed by atoms with Gasteiger partial charge in [-0.2, -0.15) is 5.26 Å². The molecule has 84 valence electrons. The maximum Gasteiger partial charge on any atom is 0.254 e. The molecule has 1 atom stereocenters. The van der Waals surface area contributed by atoms with Gasteiger partial charge in [0.05, 0.1) is 0 Å². The van der Waals surface area contributed by atoms with Crippen molar-refractivity contribution >= 4 is 29.1 Å². The van der Waals surface area contributed by atoms with Crippen LogP contribution in [0.15, 0.2) is 18.2 Å². The zero-order valence-corrected chi connectivity index (χ0v) is 9.84. The molecule has 6 heteroatoms. The number of carbonyl (C=O) groups is 1. The van der Waals surface area contributed by atoms with Crippen molar-refractivity contribution in [2.75, 3.05) is 7.11 Å². The number of hydrogen-bond donors (Lipinski definition) is 1. The number of methoxy groups -OCH3 is 1. The van der Waals surface area contributed by atoms with Gasteiger partial charge in [0.1, 0.15) is 6.07 Å². The largest absolute Gasteiger partial charge is 0.349 e. The van der Waals surface area contributed by atoms with Crippen LogP contribution in [0.3, 0.4) is 0 Å². The Morgan fingerprint density at radius 2 is 2.00 bits per heavy atom. The van der Waals surface area contributed by atoms with Gasteiger partial charge >= 0.3 is 0 Å². The van der Waals surface area contributed by atoms with Crippen molar-refractivity contribution in [3.05, 3.63) is 33.8 Å². The maximum atomic E-state index is 11.6. The summed E-state index contributed by atoms with van der Waals surface area (Å²) in [5.74, 6) is -0.474. The van der Waals surface area contributed by atoms with Crippen molar-refractivity contribution < 1.29 is 9.53 Å². The highest BCUT2D eigenvalue weighted by Gasteiger charge is 2.12. The normalized spacial score (nSPS) is 11.6. The van der Waals surface area contributed by atoms with Gasteiger partial charge in [-0.25, -0.2) is 0 Å². The Kier molecular flexibility index (Phi) is 4.56. The molecule has 4 nitrogen and oxygen atoms in total. The number of nitriles is 1. The Balaban J connectivity index is 2.85. The summed E-state index contributed by atoms with van der Waals surface area (Å²) in [7, 11) is 1.32. The van der Waals surface area contributed by atoms with Gasteiger partial charge in [0.15, 0.2) is 0 Å². The lowest BCUT2D eigenvalue weighted by molar-refractivity contribution is 0.0764. The second-order valence-corrected chi connectivity index (χ2v) is 3.75. The van der Waals surface area contributed by atoms with Gasteiger partial charge in [0, 0.05) is 22.7 Å². The molecule has 0 aliphatic carbocycles. The van der Waals surface area contributed by atoms with Crippen LogP contribution in [0.5, 0.6) is 0 Å². The zero-order chi connectivity index (χ0) is 12.1. The molecule has 16 heavy (non-hydrogen) atoms. The summed E-state index contributed by atoms with van der Waals surface area (Å²) in [5, 5.41) is 11.6. The van der Waals surface area contributed by atoms with E-state index in [1.54, 1.807) is 6.07 Å². The summed E-state index contributed by atoms with van der Waals surface area (Å²) < 4.78 is 4.69. The van der Waals surface area contributed by atoms with E-state index in [2.05, 4.69) is 5.32 Å². The number of hydrogen-bond acceptors (Lipinski definition) is 3. The Morgan fingerprint density at radius 3 is 2.44 bits per heavy atom. The second-order valence-electron chi connectivity index (χ2n) is 2.88. The average molecular weight is 259 g/mol. The van der Waals surface area contributed by atoms with Crippen LogP contribution in [0.4, 0.5) is 0 Å². The van der Waals surface area contributed by atoms with E-state index >= 15 is 0 Å². The van der Waals surface area contributed by atoms with Crippen LogP contribution in [0.2, 0.25) is 10.0 Å². The summed E-state index contributed by atoms with van der Waals surface area (Å²) >= 11 is 11.5. The third-order valence-corrected chi connectivity index (χ3v) is 2.18. The first-order valence-electron chi connectivity index (χ1n) is 4.26. The van der Waals surface area contributed by atoms with E-state index in [1.165, 1.54) is 25.3 Å². The van der Waals surface area contributed by atoms with E-state index in [4.69, 9.17) is 33.2 Å². The molecule has 0 radical (unpaired) electrons. The fourth-order valence-electron chi connectivity index (χ4n) is 1.03. The van der Waals surface area contributed by atoms with Gasteiger partial charge in [0.2, 0.25) is 6.23 Å². The Morgan fingerprint density at radius 1 is 1.44 bits per heavy atom. The van der Waals surface area contributed by atoms with Gasteiger partial charge < -0.3 is 10.1 Å². The van der Waals surface area contributed by atoms with Gasteiger partial charge in [-0.1, -0.05) is 23.2 Å². The van der Waals surface area contributed by atoms with E-state index in [9.17, 15) is 4.79 Å². The minimum Gasteiger partial charge on any atom is -0.349 e. The van der Waals surface area contributed by atoms with E-state index in [1.807, 2.05) is 0 Å². The molecule has 0 aliphatic rings. The van der Waals surface area contributed by atoms with Gasteiger partial charge in [-0.15, -0.1) is 0 Å². The minimum atomic E-state index is -0.995. The average Bonchev–Trinajstić information content (AvgIpc) is 2.24. The fourth-order valence-corrected chi connectivity index (χ4v) is 1.56. The molecule has 0 aromatic heterocycles. The topological polar surface area (TPSA) is 62.1 Å². The number of nitrogens with one attached hydrogen (secondary N) is 1. The summed E-state index contributed by atoms with van der Waals surface area (Å²) in [4.78, 5) is 11.6. The van der Waals surface area contributed by atoms with Crippen LogP contribution < -0.4 is 5.32 Å². The summed E-state index contributed by atoms with van der Waals surface area (Å²) in [6, 6.07) is 6.18. The number of ether oxygens (including phenoxy) is 1. The van der Waals surface area contributed by atoms with Crippen LogP contribution in [-0.2, 0) is 4.74 Å². The molecule has 0 saturated carbocycles. The lowest BCUT2D eigenvalue weighted by Crippen LogP contribution is -2.34. The summed E-state index contributed by atoms with van der Waals surface area (Å²) in [6.45, 7) is 0. The molecule has 1 aromatic carbocycles. The van der Waals surface area contributed by atoms with E-state index in [-0.39, 0.29) is 5.56 Å². The van der Waals surface area contributed by atoms with Crippen molar-refractivity contribution in [1.82, 2.24) is 5.32 Å². The van der Waals surface area contributed by atoms with Crippen molar-refractivity contribution in [3.8, 4) is 6.07 Å². The first kappa shape index (κ1) is 12.8. The van der Waals surface area contributed by atoms with E-state index < -0.39 is 12.1 Å². The molecule has 1 aromatic rings. The molecule has 1 amide bonds. The van der Waals surface area contributed by atoms with Crippen LogP contribution in [-0.4, -0.2) is 19.2 Å². The Bertz CT molecular complexity index is 423. The SMILES string of the molecule is COC(C#N)NC(=O)c1cc(Cl)cc(Cl)c1. The Labute approximate surface area is 103 Å². The molecular formula is C10H8Cl2N2O2. The van der Waals surface area contributed by atoms with Gasteiger partial charge in [-0.3, -0.25) is 4.79 Å². The van der Waals surface area contributed by atoms with Crippen molar-refractivity contribution in [3.63, 3.8) is 0 Å². The quantitative estimate of drug-likeness (QED) is 0.846. The molecule has 0 heterocycles. The highest BCUT2D eigenvalue weighted by Crippen LogP contribution is 2.18. The van der Waals surface area contributed by atoms with Crippen LogP contribution in [0, 0.1) is 11.3 Å². The standard InChI is InChI=1S/C10H8Cl2N2O2/c1-16-9(5-13)14-10(15)6-2-7(11)4-8(12)3-6/h2-4,9H,1H3,(H,14,15).